The summed E-state index contributed by atoms with van der Waals surface area (Å²) < 4.78 is 10.3. The average molecular weight is 375 g/mol. The topological polar surface area (TPSA) is 109 Å². The molecule has 0 spiro atoms. The van der Waals surface area contributed by atoms with Crippen molar-refractivity contribution in [2.45, 2.75) is 0 Å². The fraction of sp³-hybridized carbons (Fsp3) is 0.118. The molecule has 26 heavy (non-hydrogen) atoms. The summed E-state index contributed by atoms with van der Waals surface area (Å²) >= 11 is 4.90. The van der Waals surface area contributed by atoms with E-state index in [0.29, 0.717) is 11.5 Å². The van der Waals surface area contributed by atoms with Crippen molar-refractivity contribution < 1.29 is 24.2 Å². The zero-order chi connectivity index (χ0) is 18.9. The molecule has 0 aliphatic carbocycles. The van der Waals surface area contributed by atoms with E-state index in [1.165, 1.54) is 12.1 Å². The van der Waals surface area contributed by atoms with E-state index in [4.69, 9.17) is 21.7 Å². The van der Waals surface area contributed by atoms with E-state index in [9.17, 15) is 14.7 Å². The Morgan fingerprint density at radius 3 is 2.35 bits per heavy atom. The summed E-state index contributed by atoms with van der Waals surface area (Å²) in [4.78, 5) is 23.7. The maximum absolute atomic E-state index is 11.9. The van der Waals surface area contributed by atoms with Crippen molar-refractivity contribution in [3.63, 3.8) is 0 Å². The second kappa shape index (κ2) is 9.23. The highest BCUT2D eigenvalue weighted by atomic mass is 32.1. The molecule has 0 atom stereocenters. The van der Waals surface area contributed by atoms with Gasteiger partial charge in [0.25, 0.3) is 11.8 Å². The summed E-state index contributed by atoms with van der Waals surface area (Å²) in [6, 6.07) is 12.7. The predicted molar refractivity (Wildman–Crippen MR) is 97.9 cm³/mol. The first-order chi connectivity index (χ1) is 12.5. The van der Waals surface area contributed by atoms with Crippen LogP contribution in [0.2, 0.25) is 0 Å². The van der Waals surface area contributed by atoms with Crippen LogP contribution in [0, 0.1) is 0 Å². The molecule has 0 aliphatic heterocycles. The summed E-state index contributed by atoms with van der Waals surface area (Å²) in [7, 11) is 1.55. The first-order valence-electron chi connectivity index (χ1n) is 7.44. The lowest BCUT2D eigenvalue weighted by Crippen LogP contribution is -2.49. The number of phenols is 1. The number of methoxy groups -OCH3 is 1. The highest BCUT2D eigenvalue weighted by Crippen LogP contribution is 2.16. The molecule has 2 amide bonds. The van der Waals surface area contributed by atoms with Gasteiger partial charge in [-0.15, -0.1) is 0 Å². The Balaban J connectivity index is 1.73. The van der Waals surface area contributed by atoms with E-state index in [1.54, 1.807) is 43.5 Å². The van der Waals surface area contributed by atoms with Crippen LogP contribution in [0.15, 0.2) is 48.5 Å². The zero-order valence-corrected chi connectivity index (χ0v) is 14.6. The molecule has 0 fully saturated rings. The number of nitrogens with one attached hydrogen (secondary N) is 3. The van der Waals surface area contributed by atoms with Gasteiger partial charge >= 0.3 is 0 Å². The van der Waals surface area contributed by atoms with Crippen LogP contribution in [0.25, 0.3) is 0 Å². The molecular weight excluding hydrogens is 358 g/mol. The molecular formula is C17H17N3O5S. The zero-order valence-electron chi connectivity index (χ0n) is 13.8. The van der Waals surface area contributed by atoms with Gasteiger partial charge < -0.3 is 14.6 Å². The average Bonchev–Trinajstić information content (AvgIpc) is 2.65. The maximum Gasteiger partial charge on any atom is 0.273 e. The first kappa shape index (κ1) is 19.0. The molecule has 9 heteroatoms. The molecule has 0 unspecified atom stereocenters. The summed E-state index contributed by atoms with van der Waals surface area (Å²) in [5, 5.41) is 11.8. The van der Waals surface area contributed by atoms with Gasteiger partial charge in [-0.05, 0) is 48.6 Å². The molecule has 0 radical (unpaired) electrons. The van der Waals surface area contributed by atoms with Gasteiger partial charge in [0.1, 0.15) is 17.2 Å². The van der Waals surface area contributed by atoms with E-state index in [-0.39, 0.29) is 23.0 Å². The molecule has 0 heterocycles. The van der Waals surface area contributed by atoms with Crippen molar-refractivity contribution in [3.8, 4) is 17.2 Å². The van der Waals surface area contributed by atoms with Crippen LogP contribution in [0.1, 0.15) is 10.4 Å². The number of thiocarbonyl (C=S) groups is 1. The molecule has 0 saturated heterocycles. The third kappa shape index (κ3) is 5.64. The standard InChI is InChI=1S/C17H17N3O5S/c1-24-11-6-8-12(9-7-11)25-10-15(22)18-17(26)20-19-16(23)13-4-2-3-5-14(13)21/h2-9,21H,10H2,1H3,(H,19,23)(H2,18,20,22,26). The molecule has 2 rings (SSSR count). The normalized spacial score (nSPS) is 9.73. The van der Waals surface area contributed by atoms with Gasteiger partial charge in [0, 0.05) is 0 Å². The van der Waals surface area contributed by atoms with Gasteiger partial charge in [-0.25, -0.2) is 0 Å². The molecule has 2 aromatic rings. The summed E-state index contributed by atoms with van der Waals surface area (Å²) in [6.07, 6.45) is 0. The van der Waals surface area contributed by atoms with Crippen molar-refractivity contribution in [1.29, 1.82) is 0 Å². The van der Waals surface area contributed by atoms with E-state index in [2.05, 4.69) is 16.2 Å². The molecule has 4 N–H and O–H groups in total. The van der Waals surface area contributed by atoms with Gasteiger partial charge in [-0.3, -0.25) is 25.8 Å². The minimum Gasteiger partial charge on any atom is -0.507 e. The molecule has 0 saturated carbocycles. The van der Waals surface area contributed by atoms with Crippen LogP contribution in [0.5, 0.6) is 17.2 Å². The summed E-state index contributed by atoms with van der Waals surface area (Å²) in [5.41, 5.74) is 4.71. The number of hydrogen-bond donors (Lipinski definition) is 4. The van der Waals surface area contributed by atoms with E-state index in [0.717, 1.165) is 0 Å². The number of aromatic hydroxyl groups is 1. The second-order valence-corrected chi connectivity index (χ2v) is 5.35. The fourth-order valence-corrected chi connectivity index (χ4v) is 2.03. The molecule has 0 aliphatic rings. The monoisotopic (exact) mass is 375 g/mol. The van der Waals surface area contributed by atoms with Crippen molar-refractivity contribution in [2.24, 2.45) is 0 Å². The Morgan fingerprint density at radius 1 is 1.04 bits per heavy atom. The van der Waals surface area contributed by atoms with Crippen LogP contribution in [0.4, 0.5) is 0 Å². The number of ether oxygens (including phenoxy) is 2. The minimum atomic E-state index is -0.603. The SMILES string of the molecule is COc1ccc(OCC(=O)NC(=S)NNC(=O)c2ccccc2O)cc1. The summed E-state index contributed by atoms with van der Waals surface area (Å²) in [6.45, 7) is -0.262. The third-order valence-electron chi connectivity index (χ3n) is 3.12. The quantitative estimate of drug-likeness (QED) is 0.458. The van der Waals surface area contributed by atoms with Gasteiger partial charge in [0.2, 0.25) is 0 Å². The van der Waals surface area contributed by atoms with Gasteiger partial charge in [0.15, 0.2) is 11.7 Å². The molecule has 8 nitrogen and oxygen atoms in total. The Morgan fingerprint density at radius 2 is 1.69 bits per heavy atom. The van der Waals surface area contributed by atoms with Crippen LogP contribution < -0.4 is 25.6 Å². The first-order valence-corrected chi connectivity index (χ1v) is 7.85. The van der Waals surface area contributed by atoms with E-state index in [1.807, 2.05) is 0 Å². The number of para-hydroxylation sites is 1. The van der Waals surface area contributed by atoms with Crippen LogP contribution in [-0.4, -0.2) is 35.8 Å². The lowest BCUT2D eigenvalue weighted by Gasteiger charge is -2.12. The Kier molecular flexibility index (Phi) is 6.75. The van der Waals surface area contributed by atoms with Crippen molar-refractivity contribution >= 4 is 29.1 Å². The molecule has 0 aromatic heterocycles. The van der Waals surface area contributed by atoms with Crippen LogP contribution in [0.3, 0.4) is 0 Å². The van der Waals surface area contributed by atoms with Crippen molar-refractivity contribution in [3.05, 3.63) is 54.1 Å². The fourth-order valence-electron chi connectivity index (χ4n) is 1.86. The number of hydrogen-bond acceptors (Lipinski definition) is 6. The molecule has 136 valence electrons. The number of carbonyl (C=O) groups is 2. The number of rotatable bonds is 5. The number of benzene rings is 2. The van der Waals surface area contributed by atoms with E-state index >= 15 is 0 Å². The number of carbonyl (C=O) groups excluding carboxylic acids is 2. The number of phenolic OH excluding ortho intramolecular Hbond substituents is 1. The maximum atomic E-state index is 11.9. The van der Waals surface area contributed by atoms with Crippen LogP contribution in [-0.2, 0) is 4.79 Å². The van der Waals surface area contributed by atoms with Gasteiger partial charge in [0.05, 0.1) is 12.7 Å². The molecule has 2 aromatic carbocycles. The molecule has 0 bridgehead atoms. The Bertz CT molecular complexity index is 795. The predicted octanol–water partition coefficient (Wildman–Crippen LogP) is 1.12. The number of hydrazine groups is 1. The number of amides is 2. The Hall–Kier alpha value is -3.33. The van der Waals surface area contributed by atoms with Gasteiger partial charge in [-0.2, -0.15) is 0 Å². The van der Waals surface area contributed by atoms with E-state index < -0.39 is 11.8 Å². The van der Waals surface area contributed by atoms with Crippen LogP contribution >= 0.6 is 12.2 Å². The van der Waals surface area contributed by atoms with Gasteiger partial charge in [-0.1, -0.05) is 12.1 Å². The lowest BCUT2D eigenvalue weighted by atomic mass is 10.2. The highest BCUT2D eigenvalue weighted by molar-refractivity contribution is 7.80. The second-order valence-electron chi connectivity index (χ2n) is 4.94. The lowest BCUT2D eigenvalue weighted by molar-refractivity contribution is -0.121. The largest absolute Gasteiger partial charge is 0.507 e. The highest BCUT2D eigenvalue weighted by Gasteiger charge is 2.11. The third-order valence-corrected chi connectivity index (χ3v) is 3.32. The Labute approximate surface area is 155 Å². The van der Waals surface area contributed by atoms with Crippen molar-refractivity contribution in [1.82, 2.24) is 16.2 Å². The summed E-state index contributed by atoms with van der Waals surface area (Å²) in [5.74, 6) is -0.112. The van der Waals surface area contributed by atoms with Crippen molar-refractivity contribution in [2.75, 3.05) is 13.7 Å². The minimum absolute atomic E-state index is 0.0666. The smallest absolute Gasteiger partial charge is 0.273 e.